The lowest BCUT2D eigenvalue weighted by Crippen LogP contribution is -2.51. The Morgan fingerprint density at radius 3 is 2.33 bits per heavy atom. The van der Waals surface area contributed by atoms with Crippen LogP contribution in [-0.2, 0) is 9.53 Å². The molecule has 2 aliphatic rings. The molecule has 2 saturated heterocycles. The Morgan fingerprint density at radius 1 is 1.11 bits per heavy atom. The first-order chi connectivity index (χ1) is 12.8. The number of nitro benzene ring substituents is 1. The molecule has 2 amide bonds. The third-order valence-corrected chi connectivity index (χ3v) is 5.17. The lowest BCUT2D eigenvalue weighted by atomic mass is 9.94. The van der Waals surface area contributed by atoms with Crippen LogP contribution in [0.1, 0.15) is 37.0 Å². The highest BCUT2D eigenvalue weighted by atomic mass is 16.6. The van der Waals surface area contributed by atoms with E-state index < -0.39 is 4.92 Å². The third kappa shape index (κ3) is 4.44. The van der Waals surface area contributed by atoms with Gasteiger partial charge in [-0.2, -0.15) is 0 Å². The van der Waals surface area contributed by atoms with Crippen molar-refractivity contribution in [2.75, 3.05) is 26.2 Å². The quantitative estimate of drug-likeness (QED) is 0.596. The summed E-state index contributed by atoms with van der Waals surface area (Å²) in [5, 5.41) is 10.9. The number of non-ortho nitro benzene ring substituents is 1. The smallest absolute Gasteiger partial charge is 0.270 e. The van der Waals surface area contributed by atoms with Crippen LogP contribution < -0.4 is 0 Å². The van der Waals surface area contributed by atoms with Crippen LogP contribution in [0.15, 0.2) is 24.3 Å². The zero-order chi connectivity index (χ0) is 19.6. The molecule has 0 radical (unpaired) electrons. The monoisotopic (exact) mass is 375 g/mol. The highest BCUT2D eigenvalue weighted by Crippen LogP contribution is 2.24. The first-order valence-corrected chi connectivity index (χ1v) is 9.33. The molecule has 146 valence electrons. The average molecular weight is 375 g/mol. The molecule has 0 spiro atoms. The van der Waals surface area contributed by atoms with E-state index in [9.17, 15) is 19.7 Å². The fourth-order valence-corrected chi connectivity index (χ4v) is 3.88. The van der Waals surface area contributed by atoms with Gasteiger partial charge in [0.05, 0.1) is 17.1 Å². The van der Waals surface area contributed by atoms with Gasteiger partial charge in [-0.25, -0.2) is 0 Å². The van der Waals surface area contributed by atoms with E-state index >= 15 is 0 Å². The van der Waals surface area contributed by atoms with Crippen molar-refractivity contribution < 1.29 is 19.2 Å². The minimum Gasteiger partial charge on any atom is -0.372 e. The Balaban J connectivity index is 1.58. The molecule has 1 aromatic carbocycles. The number of carbonyl (C=O) groups is 2. The molecule has 1 aromatic rings. The van der Waals surface area contributed by atoms with Crippen LogP contribution in [0.25, 0.3) is 0 Å². The Hall–Kier alpha value is -2.48. The molecule has 2 aliphatic heterocycles. The zero-order valence-corrected chi connectivity index (χ0v) is 15.7. The fraction of sp³-hybridized carbons (Fsp3) is 0.579. The van der Waals surface area contributed by atoms with Gasteiger partial charge in [0.15, 0.2) is 0 Å². The minimum atomic E-state index is -0.508. The number of rotatable bonds is 3. The number of likely N-dealkylation sites (tertiary alicyclic amines) is 1. The van der Waals surface area contributed by atoms with Gasteiger partial charge in [-0.3, -0.25) is 19.7 Å². The standard InChI is InChI=1S/C19H25N3O5/c1-13-11-21(12-14(2)27-13)18(23)15-6-8-20(9-7-15)19(24)16-4-3-5-17(10-16)22(25)26/h3-5,10,13-15H,6-9,11-12H2,1-2H3. The molecule has 0 aromatic heterocycles. The molecule has 2 fully saturated rings. The van der Waals surface area contributed by atoms with Gasteiger partial charge < -0.3 is 14.5 Å². The van der Waals surface area contributed by atoms with E-state index in [-0.39, 0.29) is 35.6 Å². The average Bonchev–Trinajstić information content (AvgIpc) is 2.66. The first kappa shape index (κ1) is 19.3. The number of nitro groups is 1. The summed E-state index contributed by atoms with van der Waals surface area (Å²) in [6, 6.07) is 5.77. The van der Waals surface area contributed by atoms with Crippen LogP contribution in [-0.4, -0.2) is 64.9 Å². The normalized spacial score (nSPS) is 23.9. The van der Waals surface area contributed by atoms with E-state index in [2.05, 4.69) is 0 Å². The van der Waals surface area contributed by atoms with Crippen molar-refractivity contribution in [1.82, 2.24) is 9.80 Å². The van der Waals surface area contributed by atoms with Crippen molar-refractivity contribution in [2.45, 2.75) is 38.9 Å². The maximum Gasteiger partial charge on any atom is 0.270 e. The Kier molecular flexibility index (Phi) is 5.74. The van der Waals surface area contributed by atoms with E-state index in [1.54, 1.807) is 11.0 Å². The van der Waals surface area contributed by atoms with Gasteiger partial charge in [0.1, 0.15) is 0 Å². The van der Waals surface area contributed by atoms with Crippen LogP contribution in [0.2, 0.25) is 0 Å². The molecule has 27 heavy (non-hydrogen) atoms. The molecule has 8 heteroatoms. The SMILES string of the molecule is CC1CN(C(=O)C2CCN(C(=O)c3cccc([N+](=O)[O-])c3)CC2)CC(C)O1. The summed E-state index contributed by atoms with van der Waals surface area (Å²) in [5.74, 6) is -0.172. The number of piperidine rings is 1. The van der Waals surface area contributed by atoms with Gasteiger partial charge in [0.25, 0.3) is 11.6 Å². The topological polar surface area (TPSA) is 93.0 Å². The first-order valence-electron chi connectivity index (χ1n) is 9.33. The van der Waals surface area contributed by atoms with E-state index in [0.29, 0.717) is 44.6 Å². The lowest BCUT2D eigenvalue weighted by Gasteiger charge is -2.39. The summed E-state index contributed by atoms with van der Waals surface area (Å²) >= 11 is 0. The molecule has 0 aliphatic carbocycles. The van der Waals surface area contributed by atoms with Crippen LogP contribution >= 0.6 is 0 Å². The number of carbonyl (C=O) groups excluding carboxylic acids is 2. The molecule has 2 unspecified atom stereocenters. The van der Waals surface area contributed by atoms with E-state index in [1.807, 2.05) is 18.7 Å². The number of hydrogen-bond acceptors (Lipinski definition) is 5. The van der Waals surface area contributed by atoms with Crippen LogP contribution in [0.4, 0.5) is 5.69 Å². The van der Waals surface area contributed by atoms with Crippen LogP contribution in [0.3, 0.4) is 0 Å². The minimum absolute atomic E-state index is 0.0354. The van der Waals surface area contributed by atoms with E-state index in [0.717, 1.165) is 0 Å². The fourth-order valence-electron chi connectivity index (χ4n) is 3.88. The van der Waals surface area contributed by atoms with Crippen molar-refractivity contribution >= 4 is 17.5 Å². The summed E-state index contributed by atoms with van der Waals surface area (Å²) in [6.07, 6.45) is 1.29. The van der Waals surface area contributed by atoms with Crippen LogP contribution in [0.5, 0.6) is 0 Å². The largest absolute Gasteiger partial charge is 0.372 e. The molecule has 8 nitrogen and oxygen atoms in total. The molecule has 2 heterocycles. The molecule has 0 bridgehead atoms. The maximum atomic E-state index is 12.8. The third-order valence-electron chi connectivity index (χ3n) is 5.17. The number of ether oxygens (including phenoxy) is 1. The van der Waals surface area contributed by atoms with Crippen LogP contribution in [0, 0.1) is 16.0 Å². The van der Waals surface area contributed by atoms with Gasteiger partial charge in [0, 0.05) is 49.8 Å². The second-order valence-electron chi connectivity index (χ2n) is 7.37. The Morgan fingerprint density at radius 2 is 1.74 bits per heavy atom. The lowest BCUT2D eigenvalue weighted by molar-refractivity contribution is -0.384. The number of morpholine rings is 1. The molecule has 0 saturated carbocycles. The number of amides is 2. The zero-order valence-electron chi connectivity index (χ0n) is 15.7. The van der Waals surface area contributed by atoms with Crippen molar-refractivity contribution in [3.8, 4) is 0 Å². The van der Waals surface area contributed by atoms with Gasteiger partial charge in [-0.05, 0) is 32.8 Å². The second-order valence-corrected chi connectivity index (χ2v) is 7.37. The maximum absolute atomic E-state index is 12.8. The number of hydrogen-bond donors (Lipinski definition) is 0. The summed E-state index contributed by atoms with van der Waals surface area (Å²) in [5.41, 5.74) is 0.214. The van der Waals surface area contributed by atoms with Gasteiger partial charge in [-0.15, -0.1) is 0 Å². The summed E-state index contributed by atoms with van der Waals surface area (Å²) in [4.78, 5) is 39.4. The highest BCUT2D eigenvalue weighted by Gasteiger charge is 2.33. The molecular formula is C19H25N3O5. The highest BCUT2D eigenvalue weighted by molar-refractivity contribution is 5.95. The Bertz CT molecular complexity index is 720. The number of nitrogens with zero attached hydrogens (tertiary/aromatic N) is 3. The summed E-state index contributed by atoms with van der Waals surface area (Å²) in [6.45, 7) is 6.11. The van der Waals surface area contributed by atoms with E-state index in [4.69, 9.17) is 4.74 Å². The summed E-state index contributed by atoms with van der Waals surface area (Å²) in [7, 11) is 0. The van der Waals surface area contributed by atoms with Gasteiger partial charge in [-0.1, -0.05) is 6.07 Å². The predicted molar refractivity (Wildman–Crippen MR) is 98.3 cm³/mol. The number of benzene rings is 1. The molecular weight excluding hydrogens is 350 g/mol. The predicted octanol–water partition coefficient (Wildman–Crippen LogP) is 2.08. The van der Waals surface area contributed by atoms with E-state index in [1.165, 1.54) is 18.2 Å². The van der Waals surface area contributed by atoms with Gasteiger partial charge >= 0.3 is 0 Å². The Labute approximate surface area is 158 Å². The summed E-state index contributed by atoms with van der Waals surface area (Å²) < 4.78 is 5.68. The van der Waals surface area contributed by atoms with Crippen molar-refractivity contribution in [1.29, 1.82) is 0 Å². The van der Waals surface area contributed by atoms with Crippen molar-refractivity contribution in [3.63, 3.8) is 0 Å². The van der Waals surface area contributed by atoms with Gasteiger partial charge in [0.2, 0.25) is 5.91 Å². The van der Waals surface area contributed by atoms with Crippen molar-refractivity contribution in [2.24, 2.45) is 5.92 Å². The molecule has 2 atom stereocenters. The molecule has 3 rings (SSSR count). The van der Waals surface area contributed by atoms with Crippen molar-refractivity contribution in [3.05, 3.63) is 39.9 Å². The second kappa shape index (κ2) is 8.04. The molecule has 0 N–H and O–H groups in total.